The number of methoxy groups -OCH3 is 2. The zero-order valence-corrected chi connectivity index (χ0v) is 15.2. The summed E-state index contributed by atoms with van der Waals surface area (Å²) < 4.78 is 10.8. The number of hydrogen-bond donors (Lipinski definition) is 1. The maximum atomic E-state index is 13.1. The van der Waals surface area contributed by atoms with Crippen molar-refractivity contribution < 1.29 is 14.3 Å². The minimum atomic E-state index is -0.142. The molecule has 1 amide bonds. The van der Waals surface area contributed by atoms with E-state index in [4.69, 9.17) is 9.47 Å². The third-order valence-electron chi connectivity index (χ3n) is 5.14. The molecule has 2 aliphatic rings. The SMILES string of the molecule is COc1cccc(C(=O)N2CCC3=Cc4c(C)ccc(OC)c4NC32)c1. The summed E-state index contributed by atoms with van der Waals surface area (Å²) in [5.41, 5.74) is 5.15. The van der Waals surface area contributed by atoms with Crippen molar-refractivity contribution >= 4 is 17.7 Å². The van der Waals surface area contributed by atoms with Gasteiger partial charge in [-0.2, -0.15) is 0 Å². The Kier molecular flexibility index (Phi) is 4.07. The van der Waals surface area contributed by atoms with E-state index in [0.717, 1.165) is 23.4 Å². The molecule has 1 fully saturated rings. The molecule has 0 radical (unpaired) electrons. The second-order valence-electron chi connectivity index (χ2n) is 6.62. The van der Waals surface area contributed by atoms with Gasteiger partial charge in [-0.15, -0.1) is 0 Å². The van der Waals surface area contributed by atoms with Crippen molar-refractivity contribution in [1.29, 1.82) is 0 Å². The van der Waals surface area contributed by atoms with Gasteiger partial charge in [-0.25, -0.2) is 0 Å². The molecule has 0 spiro atoms. The number of carbonyl (C=O) groups excluding carboxylic acids is 1. The minimum Gasteiger partial charge on any atom is -0.497 e. The first-order chi connectivity index (χ1) is 12.6. The minimum absolute atomic E-state index is 0.000120. The van der Waals surface area contributed by atoms with Crippen LogP contribution in [0.1, 0.15) is 27.9 Å². The highest BCUT2D eigenvalue weighted by Crippen LogP contribution is 2.41. The van der Waals surface area contributed by atoms with E-state index in [0.29, 0.717) is 17.9 Å². The summed E-state index contributed by atoms with van der Waals surface area (Å²) >= 11 is 0. The molecule has 0 saturated carbocycles. The van der Waals surface area contributed by atoms with E-state index in [1.54, 1.807) is 20.3 Å². The summed E-state index contributed by atoms with van der Waals surface area (Å²) in [5, 5.41) is 3.53. The Bertz CT molecular complexity index is 904. The van der Waals surface area contributed by atoms with Gasteiger partial charge >= 0.3 is 0 Å². The maximum absolute atomic E-state index is 13.1. The summed E-state index contributed by atoms with van der Waals surface area (Å²) in [5.74, 6) is 1.48. The first-order valence-corrected chi connectivity index (χ1v) is 8.72. The van der Waals surface area contributed by atoms with E-state index in [9.17, 15) is 4.79 Å². The van der Waals surface area contributed by atoms with Crippen molar-refractivity contribution in [3.63, 3.8) is 0 Å². The highest BCUT2D eigenvalue weighted by molar-refractivity contribution is 5.96. The van der Waals surface area contributed by atoms with Crippen LogP contribution in [0.25, 0.3) is 6.08 Å². The topological polar surface area (TPSA) is 50.8 Å². The maximum Gasteiger partial charge on any atom is 0.255 e. The lowest BCUT2D eigenvalue weighted by atomic mass is 9.97. The number of likely N-dealkylation sites (tertiary alicyclic amines) is 1. The summed E-state index contributed by atoms with van der Waals surface area (Å²) in [7, 11) is 3.27. The fourth-order valence-electron chi connectivity index (χ4n) is 3.71. The molecular formula is C21H22N2O3. The van der Waals surface area contributed by atoms with Gasteiger partial charge in [0.25, 0.3) is 5.91 Å². The van der Waals surface area contributed by atoms with Crippen LogP contribution in [0.2, 0.25) is 0 Å². The molecule has 1 atom stereocenters. The van der Waals surface area contributed by atoms with Gasteiger partial charge < -0.3 is 19.7 Å². The Balaban J connectivity index is 1.68. The third-order valence-corrected chi connectivity index (χ3v) is 5.14. The zero-order valence-electron chi connectivity index (χ0n) is 15.2. The van der Waals surface area contributed by atoms with Crippen LogP contribution in [-0.4, -0.2) is 37.7 Å². The Hall–Kier alpha value is -2.95. The van der Waals surface area contributed by atoms with E-state index in [-0.39, 0.29) is 12.1 Å². The number of rotatable bonds is 3. The lowest BCUT2D eigenvalue weighted by molar-refractivity contribution is 0.0759. The fraction of sp³-hybridized carbons (Fsp3) is 0.286. The van der Waals surface area contributed by atoms with Crippen LogP contribution in [0.3, 0.4) is 0 Å². The summed E-state index contributed by atoms with van der Waals surface area (Å²) in [6, 6.07) is 11.3. The molecular weight excluding hydrogens is 328 g/mol. The van der Waals surface area contributed by atoms with Crippen molar-refractivity contribution in [2.45, 2.75) is 19.5 Å². The lowest BCUT2D eigenvalue weighted by Crippen LogP contribution is -2.42. The summed E-state index contributed by atoms with van der Waals surface area (Å²) in [6.45, 7) is 2.78. The number of ether oxygens (including phenoxy) is 2. The van der Waals surface area contributed by atoms with Crippen LogP contribution in [-0.2, 0) is 0 Å². The number of benzene rings is 2. The number of aryl methyl sites for hydroxylation is 1. The van der Waals surface area contributed by atoms with E-state index < -0.39 is 0 Å². The monoisotopic (exact) mass is 350 g/mol. The van der Waals surface area contributed by atoms with E-state index in [1.165, 1.54) is 11.1 Å². The average Bonchev–Trinajstić information content (AvgIpc) is 3.09. The Labute approximate surface area is 153 Å². The van der Waals surface area contributed by atoms with Crippen LogP contribution in [0.4, 0.5) is 5.69 Å². The summed E-state index contributed by atoms with van der Waals surface area (Å²) in [6.07, 6.45) is 2.92. The van der Waals surface area contributed by atoms with Gasteiger partial charge in [-0.3, -0.25) is 4.79 Å². The van der Waals surface area contributed by atoms with Gasteiger partial charge in [0.2, 0.25) is 0 Å². The number of carbonyl (C=O) groups is 1. The van der Waals surface area contributed by atoms with Crippen molar-refractivity contribution in [3.8, 4) is 11.5 Å². The third kappa shape index (κ3) is 2.60. The molecule has 2 aliphatic heterocycles. The normalized spacial score (nSPS) is 17.7. The Morgan fingerprint density at radius 2 is 2.04 bits per heavy atom. The quantitative estimate of drug-likeness (QED) is 0.917. The number of amides is 1. The molecule has 5 heteroatoms. The van der Waals surface area contributed by atoms with Gasteiger partial charge in [-0.1, -0.05) is 12.1 Å². The number of hydrogen-bond acceptors (Lipinski definition) is 4. The van der Waals surface area contributed by atoms with Crippen molar-refractivity contribution in [2.75, 3.05) is 26.1 Å². The second kappa shape index (κ2) is 6.41. The number of nitrogens with one attached hydrogen (secondary N) is 1. The highest BCUT2D eigenvalue weighted by atomic mass is 16.5. The van der Waals surface area contributed by atoms with E-state index in [2.05, 4.69) is 24.4 Å². The molecule has 2 heterocycles. The molecule has 26 heavy (non-hydrogen) atoms. The number of anilines is 1. The highest BCUT2D eigenvalue weighted by Gasteiger charge is 2.36. The molecule has 2 aromatic carbocycles. The van der Waals surface area contributed by atoms with Crippen LogP contribution in [0.15, 0.2) is 42.0 Å². The number of nitrogens with zero attached hydrogens (tertiary/aromatic N) is 1. The molecule has 2 aromatic rings. The van der Waals surface area contributed by atoms with Crippen LogP contribution in [0, 0.1) is 6.92 Å². The van der Waals surface area contributed by atoms with Gasteiger partial charge in [0.1, 0.15) is 17.7 Å². The molecule has 1 unspecified atom stereocenters. The predicted molar refractivity (Wildman–Crippen MR) is 102 cm³/mol. The van der Waals surface area contributed by atoms with E-state index >= 15 is 0 Å². The molecule has 4 rings (SSSR count). The van der Waals surface area contributed by atoms with Gasteiger partial charge in [0, 0.05) is 17.7 Å². The fourth-order valence-corrected chi connectivity index (χ4v) is 3.71. The smallest absolute Gasteiger partial charge is 0.255 e. The Morgan fingerprint density at radius 3 is 2.81 bits per heavy atom. The first-order valence-electron chi connectivity index (χ1n) is 8.72. The van der Waals surface area contributed by atoms with Crippen molar-refractivity contribution in [2.24, 2.45) is 0 Å². The average molecular weight is 350 g/mol. The van der Waals surface area contributed by atoms with Gasteiger partial charge in [0.05, 0.1) is 19.9 Å². The predicted octanol–water partition coefficient (Wildman–Crippen LogP) is 3.69. The van der Waals surface area contributed by atoms with Gasteiger partial charge in [-0.05, 0) is 54.8 Å². The largest absolute Gasteiger partial charge is 0.497 e. The van der Waals surface area contributed by atoms with Crippen LogP contribution < -0.4 is 14.8 Å². The van der Waals surface area contributed by atoms with Crippen LogP contribution >= 0.6 is 0 Å². The molecule has 0 aromatic heterocycles. The Morgan fingerprint density at radius 1 is 1.19 bits per heavy atom. The zero-order chi connectivity index (χ0) is 18.3. The number of fused-ring (bicyclic) bond motifs is 2. The van der Waals surface area contributed by atoms with E-state index in [1.807, 2.05) is 29.2 Å². The lowest BCUT2D eigenvalue weighted by Gasteiger charge is -2.32. The molecule has 1 saturated heterocycles. The first kappa shape index (κ1) is 16.5. The summed E-state index contributed by atoms with van der Waals surface area (Å²) in [4.78, 5) is 15.0. The molecule has 134 valence electrons. The molecule has 5 nitrogen and oxygen atoms in total. The van der Waals surface area contributed by atoms with Crippen LogP contribution in [0.5, 0.6) is 11.5 Å². The second-order valence-corrected chi connectivity index (χ2v) is 6.62. The molecule has 0 bridgehead atoms. The molecule has 0 aliphatic carbocycles. The van der Waals surface area contributed by atoms with Gasteiger partial charge in [0.15, 0.2) is 0 Å². The van der Waals surface area contributed by atoms with Crippen molar-refractivity contribution in [1.82, 2.24) is 4.90 Å². The standard InChI is InChI=1S/C21H22N2O3/c1-13-7-8-18(26-3)19-17(13)12-14-9-10-23(20(14)22-19)21(24)15-5-4-6-16(11-15)25-2/h4-8,11-12,20,22H,9-10H2,1-3H3. The molecule has 1 N–H and O–H groups in total. The van der Waals surface area contributed by atoms with Crippen molar-refractivity contribution in [3.05, 3.63) is 58.7 Å².